The molecule has 162 valence electrons. The van der Waals surface area contributed by atoms with Crippen LogP contribution < -0.4 is 15.4 Å². The van der Waals surface area contributed by atoms with Gasteiger partial charge in [0.05, 0.1) is 17.9 Å². The zero-order valence-corrected chi connectivity index (χ0v) is 19.4. The van der Waals surface area contributed by atoms with E-state index in [1.165, 1.54) is 4.88 Å². The van der Waals surface area contributed by atoms with Gasteiger partial charge in [-0.1, -0.05) is 39.8 Å². The number of hydrogen-bond donors (Lipinski definition) is 2. The van der Waals surface area contributed by atoms with Crippen molar-refractivity contribution in [3.05, 3.63) is 40.3 Å². The molecule has 0 saturated heterocycles. The third kappa shape index (κ3) is 4.86. The summed E-state index contributed by atoms with van der Waals surface area (Å²) in [4.78, 5) is 26.7. The van der Waals surface area contributed by atoms with E-state index in [1.54, 1.807) is 11.3 Å². The third-order valence-corrected chi connectivity index (χ3v) is 6.90. The smallest absolute Gasteiger partial charge is 0.259 e. The minimum absolute atomic E-state index is 0.0789. The molecule has 2 aromatic rings. The van der Waals surface area contributed by atoms with Crippen LogP contribution in [0.5, 0.6) is 5.75 Å². The fourth-order valence-corrected chi connectivity index (χ4v) is 5.25. The molecule has 6 heteroatoms. The Morgan fingerprint density at radius 3 is 2.57 bits per heavy atom. The van der Waals surface area contributed by atoms with Gasteiger partial charge in [0.1, 0.15) is 10.8 Å². The molecule has 0 fully saturated rings. The van der Waals surface area contributed by atoms with Crippen LogP contribution in [0.4, 0.5) is 10.7 Å². The zero-order valence-electron chi connectivity index (χ0n) is 18.6. The topological polar surface area (TPSA) is 67.4 Å². The third-order valence-electron chi connectivity index (χ3n) is 5.73. The molecular weight excluding hydrogens is 396 g/mol. The Kier molecular flexibility index (Phi) is 6.86. The van der Waals surface area contributed by atoms with E-state index in [1.807, 2.05) is 38.1 Å². The highest BCUT2D eigenvalue weighted by Crippen LogP contribution is 2.44. The van der Waals surface area contributed by atoms with Gasteiger partial charge in [-0.05, 0) is 55.2 Å². The standard InChI is InChI=1S/C24H32N2O3S/c1-6-20(27)26-23-21(16-13-12-15(24(3,4)5)14-19(16)30-23)22(28)25-17-10-8-9-11-18(17)29-7-2/h8-11,15H,6-7,12-14H2,1-5H3,(H,25,28)(H,26,27). The van der Waals surface area contributed by atoms with Crippen LogP contribution in [-0.2, 0) is 17.6 Å². The van der Waals surface area contributed by atoms with Gasteiger partial charge < -0.3 is 15.4 Å². The monoisotopic (exact) mass is 428 g/mol. The number of carbonyl (C=O) groups is 2. The van der Waals surface area contributed by atoms with Crippen molar-refractivity contribution >= 4 is 33.8 Å². The number of carbonyl (C=O) groups excluding carboxylic acids is 2. The van der Waals surface area contributed by atoms with Gasteiger partial charge in [0.2, 0.25) is 5.91 Å². The number of amides is 2. The van der Waals surface area contributed by atoms with E-state index in [-0.39, 0.29) is 17.2 Å². The van der Waals surface area contributed by atoms with Gasteiger partial charge in [-0.2, -0.15) is 0 Å². The average molecular weight is 429 g/mol. The number of thiophene rings is 1. The molecule has 2 N–H and O–H groups in total. The van der Waals surface area contributed by atoms with E-state index in [0.29, 0.717) is 40.9 Å². The summed E-state index contributed by atoms with van der Waals surface area (Å²) in [6.45, 7) is 11.1. The highest BCUT2D eigenvalue weighted by atomic mass is 32.1. The molecule has 2 amide bonds. The number of fused-ring (bicyclic) bond motifs is 1. The van der Waals surface area contributed by atoms with Crippen molar-refractivity contribution in [2.75, 3.05) is 17.2 Å². The molecule has 1 atom stereocenters. The molecular formula is C24H32N2O3S. The largest absolute Gasteiger partial charge is 0.492 e. The van der Waals surface area contributed by atoms with E-state index >= 15 is 0 Å². The molecule has 0 saturated carbocycles. The molecule has 1 aliphatic carbocycles. The summed E-state index contributed by atoms with van der Waals surface area (Å²) in [6, 6.07) is 7.43. The summed E-state index contributed by atoms with van der Waals surface area (Å²) in [5.41, 5.74) is 2.54. The van der Waals surface area contributed by atoms with Gasteiger partial charge in [-0.3, -0.25) is 9.59 Å². The van der Waals surface area contributed by atoms with Crippen LogP contribution in [0.25, 0.3) is 0 Å². The van der Waals surface area contributed by atoms with Gasteiger partial charge >= 0.3 is 0 Å². The van der Waals surface area contributed by atoms with E-state index in [4.69, 9.17) is 4.74 Å². The molecule has 0 bridgehead atoms. The zero-order chi connectivity index (χ0) is 21.9. The molecule has 30 heavy (non-hydrogen) atoms. The van der Waals surface area contributed by atoms with Gasteiger partial charge in [0.15, 0.2) is 0 Å². The first-order chi connectivity index (χ1) is 14.2. The summed E-state index contributed by atoms with van der Waals surface area (Å²) >= 11 is 1.55. The predicted octanol–water partition coefficient (Wildman–Crippen LogP) is 5.90. The van der Waals surface area contributed by atoms with Gasteiger partial charge in [-0.25, -0.2) is 0 Å². The van der Waals surface area contributed by atoms with Crippen LogP contribution in [-0.4, -0.2) is 18.4 Å². The van der Waals surface area contributed by atoms with Gasteiger partial charge in [0.25, 0.3) is 5.91 Å². The SMILES string of the molecule is CCOc1ccccc1NC(=O)c1c(NC(=O)CC)sc2c1CCC(C(C)(C)C)C2. The van der Waals surface area contributed by atoms with Crippen molar-refractivity contribution in [3.8, 4) is 5.75 Å². The Morgan fingerprint density at radius 2 is 1.90 bits per heavy atom. The number of benzene rings is 1. The number of nitrogens with one attached hydrogen (secondary N) is 2. The fraction of sp³-hybridized carbons (Fsp3) is 0.500. The van der Waals surface area contributed by atoms with Crippen molar-refractivity contribution in [2.24, 2.45) is 11.3 Å². The maximum atomic E-state index is 13.4. The summed E-state index contributed by atoms with van der Waals surface area (Å²) in [5.74, 6) is 0.933. The number of para-hydroxylation sites is 2. The first kappa shape index (κ1) is 22.3. The number of rotatable bonds is 6. The number of anilines is 2. The summed E-state index contributed by atoms with van der Waals surface area (Å²) in [6.07, 6.45) is 3.22. The Balaban J connectivity index is 1.96. The minimum Gasteiger partial charge on any atom is -0.492 e. The van der Waals surface area contributed by atoms with Crippen molar-refractivity contribution in [3.63, 3.8) is 0 Å². The molecule has 0 spiro atoms. The fourth-order valence-electron chi connectivity index (χ4n) is 3.90. The minimum atomic E-state index is -0.194. The van der Waals surface area contributed by atoms with Crippen molar-refractivity contribution < 1.29 is 14.3 Å². The molecule has 1 heterocycles. The normalized spacial score (nSPS) is 16.0. The number of ether oxygens (including phenoxy) is 1. The van der Waals surface area contributed by atoms with E-state index in [2.05, 4.69) is 31.4 Å². The highest BCUT2D eigenvalue weighted by Gasteiger charge is 2.34. The van der Waals surface area contributed by atoms with Gasteiger partial charge in [-0.15, -0.1) is 11.3 Å². The summed E-state index contributed by atoms with van der Waals surface area (Å²) < 4.78 is 5.65. The Morgan fingerprint density at radius 1 is 1.17 bits per heavy atom. The number of hydrogen-bond acceptors (Lipinski definition) is 4. The maximum Gasteiger partial charge on any atom is 0.259 e. The summed E-state index contributed by atoms with van der Waals surface area (Å²) in [7, 11) is 0. The second-order valence-electron chi connectivity index (χ2n) is 8.80. The van der Waals surface area contributed by atoms with Crippen molar-refractivity contribution in [1.29, 1.82) is 0 Å². The molecule has 3 rings (SSSR count). The molecule has 1 aromatic carbocycles. The second-order valence-corrected chi connectivity index (χ2v) is 9.90. The lowest BCUT2D eigenvalue weighted by Gasteiger charge is -2.33. The van der Waals surface area contributed by atoms with Crippen LogP contribution in [0.15, 0.2) is 24.3 Å². The predicted molar refractivity (Wildman–Crippen MR) is 124 cm³/mol. The quantitative estimate of drug-likeness (QED) is 0.602. The van der Waals surface area contributed by atoms with E-state index in [0.717, 1.165) is 24.8 Å². The molecule has 1 aromatic heterocycles. The molecule has 1 unspecified atom stereocenters. The van der Waals surface area contributed by atoms with Gasteiger partial charge in [0, 0.05) is 11.3 Å². The first-order valence-electron chi connectivity index (χ1n) is 10.7. The Bertz CT molecular complexity index is 927. The highest BCUT2D eigenvalue weighted by molar-refractivity contribution is 7.17. The Hall–Kier alpha value is -2.34. The Labute approximate surface area is 183 Å². The second kappa shape index (κ2) is 9.21. The van der Waals surface area contributed by atoms with Crippen LogP contribution in [0.3, 0.4) is 0 Å². The molecule has 0 radical (unpaired) electrons. The van der Waals surface area contributed by atoms with E-state index in [9.17, 15) is 9.59 Å². The lowest BCUT2D eigenvalue weighted by molar-refractivity contribution is -0.115. The van der Waals surface area contributed by atoms with E-state index < -0.39 is 0 Å². The van der Waals surface area contributed by atoms with Crippen LogP contribution in [0.2, 0.25) is 0 Å². The van der Waals surface area contributed by atoms with Crippen molar-refractivity contribution in [1.82, 2.24) is 0 Å². The molecule has 1 aliphatic rings. The van der Waals surface area contributed by atoms with Crippen LogP contribution in [0, 0.1) is 11.3 Å². The summed E-state index contributed by atoms with van der Waals surface area (Å²) in [5, 5.41) is 6.64. The maximum absolute atomic E-state index is 13.4. The molecule has 0 aliphatic heterocycles. The van der Waals surface area contributed by atoms with Crippen LogP contribution in [0.1, 0.15) is 68.3 Å². The first-order valence-corrected chi connectivity index (χ1v) is 11.5. The lowest BCUT2D eigenvalue weighted by Crippen LogP contribution is -2.27. The van der Waals surface area contributed by atoms with Crippen molar-refractivity contribution in [2.45, 2.75) is 60.3 Å². The van der Waals surface area contributed by atoms with Crippen LogP contribution >= 0.6 is 11.3 Å². The lowest BCUT2D eigenvalue weighted by atomic mass is 9.72. The average Bonchev–Trinajstić information content (AvgIpc) is 3.05. The molecule has 5 nitrogen and oxygen atoms in total.